The van der Waals surface area contributed by atoms with Crippen molar-refractivity contribution < 1.29 is 31.8 Å². The third kappa shape index (κ3) is 6.83. The number of nitrogens with zero attached hydrogens (tertiary/aromatic N) is 2. The maximum absolute atomic E-state index is 13.4. The Morgan fingerprint density at radius 2 is 1.59 bits per heavy atom. The summed E-state index contributed by atoms with van der Waals surface area (Å²) in [5.74, 6) is 0.0378. The van der Waals surface area contributed by atoms with Gasteiger partial charge in [0, 0.05) is 12.1 Å². The van der Waals surface area contributed by atoms with Gasteiger partial charge in [-0.05, 0) is 48.9 Å². The molecule has 11 heteroatoms. The average molecular weight is 530 g/mol. The van der Waals surface area contributed by atoms with Gasteiger partial charge in [-0.1, -0.05) is 29.8 Å². The van der Waals surface area contributed by atoms with Crippen molar-refractivity contribution in [3.05, 3.63) is 83.2 Å². The summed E-state index contributed by atoms with van der Waals surface area (Å²) in [6, 6.07) is 15.0. The first-order valence-corrected chi connectivity index (χ1v) is 12.6. The molecule has 0 atom stereocenters. The van der Waals surface area contributed by atoms with E-state index in [1.807, 2.05) is 6.92 Å². The van der Waals surface area contributed by atoms with E-state index in [1.54, 1.807) is 24.3 Å². The van der Waals surface area contributed by atoms with E-state index in [9.17, 15) is 17.6 Å². The minimum atomic E-state index is -4.05. The lowest BCUT2D eigenvalue weighted by atomic mass is 10.2. The fourth-order valence-corrected chi connectivity index (χ4v) is 4.86. The molecule has 3 rings (SSSR count). The molecule has 3 aromatic rings. The van der Waals surface area contributed by atoms with Gasteiger partial charge in [0.15, 0.2) is 11.5 Å². The van der Waals surface area contributed by atoms with Gasteiger partial charge in [0.25, 0.3) is 5.91 Å². The molecule has 0 unspecified atom stereocenters. The van der Waals surface area contributed by atoms with E-state index in [0.717, 1.165) is 9.87 Å². The van der Waals surface area contributed by atoms with Crippen molar-refractivity contribution >= 4 is 22.1 Å². The van der Waals surface area contributed by atoms with Crippen molar-refractivity contribution in [2.24, 2.45) is 5.10 Å². The number of hydrazone groups is 1. The summed E-state index contributed by atoms with van der Waals surface area (Å²) in [7, 11) is 0.365. The van der Waals surface area contributed by atoms with Crippen LogP contribution in [0.25, 0.3) is 0 Å². The number of methoxy groups -OCH3 is 3. The molecule has 0 aliphatic carbocycles. The third-order valence-corrected chi connectivity index (χ3v) is 7.18. The number of hydrogen-bond acceptors (Lipinski definition) is 7. The van der Waals surface area contributed by atoms with Crippen LogP contribution in [0.1, 0.15) is 16.7 Å². The fraction of sp³-hybridized carbons (Fsp3) is 0.231. The highest BCUT2D eigenvalue weighted by molar-refractivity contribution is 7.89. The van der Waals surface area contributed by atoms with Crippen LogP contribution in [0.5, 0.6) is 17.2 Å². The van der Waals surface area contributed by atoms with Gasteiger partial charge in [-0.3, -0.25) is 4.79 Å². The number of aryl methyl sites for hydroxylation is 1. The highest BCUT2D eigenvalue weighted by Crippen LogP contribution is 2.38. The predicted molar refractivity (Wildman–Crippen MR) is 137 cm³/mol. The van der Waals surface area contributed by atoms with E-state index in [2.05, 4.69) is 10.5 Å². The summed E-state index contributed by atoms with van der Waals surface area (Å²) in [5, 5.41) is 3.95. The fourth-order valence-electron chi connectivity index (χ4n) is 3.47. The zero-order valence-corrected chi connectivity index (χ0v) is 21.7. The van der Waals surface area contributed by atoms with E-state index < -0.39 is 28.3 Å². The highest BCUT2D eigenvalue weighted by Gasteiger charge is 2.27. The summed E-state index contributed by atoms with van der Waals surface area (Å²) in [5.41, 5.74) is 4.25. The van der Waals surface area contributed by atoms with Crippen LogP contribution in [0, 0.1) is 12.7 Å². The molecular formula is C26H28FN3O6S. The number of halogens is 1. The second-order valence-electron chi connectivity index (χ2n) is 7.93. The first kappa shape index (κ1) is 27.6. The standard InChI is InChI=1S/C26H28FN3O6S/c1-18-5-12-22(13-6-18)37(32,33)30(16-19-7-10-21(27)11-8-19)17-24(31)29-28-15-20-9-14-23(34-2)26(36-4)25(20)35-3/h5-15H,16-17H2,1-4H3,(H,29,31)/b28-15-. The third-order valence-electron chi connectivity index (χ3n) is 5.38. The molecule has 3 aromatic carbocycles. The SMILES string of the molecule is COc1ccc(/C=N\NC(=O)CN(Cc2ccc(F)cc2)S(=O)(=O)c2ccc(C)cc2)c(OC)c1OC. The van der Waals surface area contributed by atoms with Gasteiger partial charge < -0.3 is 14.2 Å². The largest absolute Gasteiger partial charge is 0.493 e. The van der Waals surface area contributed by atoms with E-state index in [4.69, 9.17) is 14.2 Å². The lowest BCUT2D eigenvalue weighted by Gasteiger charge is -2.21. The monoisotopic (exact) mass is 529 g/mol. The van der Waals surface area contributed by atoms with E-state index >= 15 is 0 Å². The van der Waals surface area contributed by atoms with Crippen LogP contribution in [-0.4, -0.2) is 52.7 Å². The summed E-state index contributed by atoms with van der Waals surface area (Å²) in [6.07, 6.45) is 1.34. The summed E-state index contributed by atoms with van der Waals surface area (Å²) < 4.78 is 57.0. The number of carbonyl (C=O) groups is 1. The number of nitrogens with one attached hydrogen (secondary N) is 1. The lowest BCUT2D eigenvalue weighted by Crippen LogP contribution is -2.39. The number of carbonyl (C=O) groups excluding carboxylic acids is 1. The topological polar surface area (TPSA) is 107 Å². The number of rotatable bonds is 11. The van der Waals surface area contributed by atoms with Gasteiger partial charge in [-0.25, -0.2) is 18.2 Å². The maximum Gasteiger partial charge on any atom is 0.255 e. The van der Waals surface area contributed by atoms with Gasteiger partial charge in [0.2, 0.25) is 15.8 Å². The molecule has 0 aliphatic rings. The molecule has 0 fully saturated rings. The van der Waals surface area contributed by atoms with Gasteiger partial charge in [0.1, 0.15) is 5.82 Å². The summed E-state index contributed by atoms with van der Waals surface area (Å²) in [6.45, 7) is 1.18. The van der Waals surface area contributed by atoms with Crippen LogP contribution in [0.2, 0.25) is 0 Å². The molecular weight excluding hydrogens is 501 g/mol. The van der Waals surface area contributed by atoms with Crippen LogP contribution in [-0.2, 0) is 21.4 Å². The molecule has 1 amide bonds. The first-order valence-electron chi connectivity index (χ1n) is 11.1. The Labute approximate surface area is 215 Å². The molecule has 0 aliphatic heterocycles. The average Bonchev–Trinajstić information content (AvgIpc) is 2.89. The van der Waals surface area contributed by atoms with Crippen LogP contribution >= 0.6 is 0 Å². The minimum absolute atomic E-state index is 0.0339. The first-order chi connectivity index (χ1) is 17.7. The van der Waals surface area contributed by atoms with Crippen molar-refractivity contribution in [2.45, 2.75) is 18.4 Å². The quantitative estimate of drug-likeness (QED) is 0.301. The Hall–Kier alpha value is -3.96. The summed E-state index contributed by atoms with van der Waals surface area (Å²) in [4.78, 5) is 12.8. The van der Waals surface area contributed by atoms with Gasteiger partial charge in [0.05, 0.1) is 39.0 Å². The molecule has 196 valence electrons. The number of sulfonamides is 1. The highest BCUT2D eigenvalue weighted by atomic mass is 32.2. The Morgan fingerprint density at radius 3 is 2.19 bits per heavy atom. The molecule has 0 aromatic heterocycles. The smallest absolute Gasteiger partial charge is 0.255 e. The molecule has 0 bridgehead atoms. The molecule has 0 saturated carbocycles. The van der Waals surface area contributed by atoms with Crippen molar-refractivity contribution in [1.29, 1.82) is 0 Å². The zero-order valence-electron chi connectivity index (χ0n) is 20.9. The molecule has 37 heavy (non-hydrogen) atoms. The minimum Gasteiger partial charge on any atom is -0.493 e. The Kier molecular flexibility index (Phi) is 9.20. The van der Waals surface area contributed by atoms with E-state index in [1.165, 1.54) is 63.9 Å². The van der Waals surface area contributed by atoms with E-state index in [-0.39, 0.29) is 11.4 Å². The molecule has 1 N–H and O–H groups in total. The molecule has 0 spiro atoms. The van der Waals surface area contributed by atoms with Crippen LogP contribution in [0.15, 0.2) is 70.7 Å². The molecule has 0 saturated heterocycles. The number of benzene rings is 3. The van der Waals surface area contributed by atoms with Crippen molar-refractivity contribution in [3.63, 3.8) is 0 Å². The predicted octanol–water partition coefficient (Wildman–Crippen LogP) is 3.50. The lowest BCUT2D eigenvalue weighted by molar-refractivity contribution is -0.121. The molecule has 9 nitrogen and oxygen atoms in total. The van der Waals surface area contributed by atoms with Crippen LogP contribution in [0.3, 0.4) is 0 Å². The number of amides is 1. The van der Waals surface area contributed by atoms with Crippen LogP contribution < -0.4 is 19.6 Å². The Balaban J connectivity index is 1.82. The van der Waals surface area contributed by atoms with Crippen molar-refractivity contribution in [1.82, 2.24) is 9.73 Å². The van der Waals surface area contributed by atoms with E-state index in [0.29, 0.717) is 28.4 Å². The van der Waals surface area contributed by atoms with Gasteiger partial charge in [-0.15, -0.1) is 0 Å². The van der Waals surface area contributed by atoms with Crippen LogP contribution in [0.4, 0.5) is 4.39 Å². The Morgan fingerprint density at radius 1 is 0.946 bits per heavy atom. The number of ether oxygens (including phenoxy) is 3. The van der Waals surface area contributed by atoms with Gasteiger partial charge >= 0.3 is 0 Å². The zero-order chi connectivity index (χ0) is 27.0. The normalized spacial score (nSPS) is 11.5. The summed E-state index contributed by atoms with van der Waals surface area (Å²) >= 11 is 0. The second kappa shape index (κ2) is 12.3. The molecule has 0 heterocycles. The van der Waals surface area contributed by atoms with Gasteiger partial charge in [-0.2, -0.15) is 9.41 Å². The van der Waals surface area contributed by atoms with Crippen molar-refractivity contribution in [2.75, 3.05) is 27.9 Å². The number of hydrogen-bond donors (Lipinski definition) is 1. The Bertz CT molecular complexity index is 1360. The van der Waals surface area contributed by atoms with Crippen molar-refractivity contribution in [3.8, 4) is 17.2 Å². The maximum atomic E-state index is 13.4. The second-order valence-corrected chi connectivity index (χ2v) is 9.87. The molecule has 0 radical (unpaired) electrons.